The normalized spacial score (nSPS) is 12.2. The van der Waals surface area contributed by atoms with Gasteiger partial charge in [0.15, 0.2) is 0 Å². The van der Waals surface area contributed by atoms with Gasteiger partial charge in [-0.2, -0.15) is 0 Å². The second-order valence-corrected chi connectivity index (χ2v) is 4.70. The zero-order valence-corrected chi connectivity index (χ0v) is 11.4. The van der Waals surface area contributed by atoms with Crippen LogP contribution in [0.3, 0.4) is 0 Å². The van der Waals surface area contributed by atoms with Gasteiger partial charge in [-0.05, 0) is 40.9 Å². The lowest BCUT2D eigenvalue weighted by Gasteiger charge is -2.16. The van der Waals surface area contributed by atoms with Crippen LogP contribution in [-0.4, -0.2) is 11.9 Å². The van der Waals surface area contributed by atoms with E-state index in [9.17, 15) is 4.79 Å². The maximum atomic E-state index is 12.0. The molecule has 88 valence electrons. The van der Waals surface area contributed by atoms with Crippen molar-refractivity contribution in [2.45, 2.75) is 39.2 Å². The predicted octanol–water partition coefficient (Wildman–Crippen LogP) is 3.76. The first-order chi connectivity index (χ1) is 7.69. The van der Waals surface area contributed by atoms with Crippen molar-refractivity contribution in [3.63, 3.8) is 0 Å². The molecule has 0 fully saturated rings. The van der Waals surface area contributed by atoms with Gasteiger partial charge in [0.25, 0.3) is 5.91 Å². The molecule has 0 saturated carbocycles. The van der Waals surface area contributed by atoms with Crippen LogP contribution in [0.2, 0.25) is 0 Å². The molecule has 1 atom stereocenters. The van der Waals surface area contributed by atoms with Crippen LogP contribution in [0.1, 0.15) is 43.5 Å². The van der Waals surface area contributed by atoms with Gasteiger partial charge in [-0.3, -0.25) is 4.79 Å². The number of halogens is 1. The Kier molecular flexibility index (Phi) is 5.53. The highest BCUT2D eigenvalue weighted by molar-refractivity contribution is 9.10. The third kappa shape index (κ3) is 3.63. The molecule has 1 unspecified atom stereocenters. The highest BCUT2D eigenvalue weighted by atomic mass is 79.9. The van der Waals surface area contributed by atoms with Crippen LogP contribution in [-0.2, 0) is 0 Å². The molecular formula is C13H18BrNO. The first kappa shape index (κ1) is 13.2. The van der Waals surface area contributed by atoms with Gasteiger partial charge in [0.05, 0.1) is 5.56 Å². The minimum Gasteiger partial charge on any atom is -0.349 e. The van der Waals surface area contributed by atoms with Gasteiger partial charge < -0.3 is 5.32 Å². The molecule has 0 aromatic heterocycles. The number of hydrogen-bond donors (Lipinski definition) is 1. The zero-order chi connectivity index (χ0) is 12.0. The third-order valence-corrected chi connectivity index (χ3v) is 3.28. The van der Waals surface area contributed by atoms with Crippen LogP contribution < -0.4 is 5.32 Å². The summed E-state index contributed by atoms with van der Waals surface area (Å²) >= 11 is 3.39. The highest BCUT2D eigenvalue weighted by Gasteiger charge is 2.13. The molecule has 1 N–H and O–H groups in total. The number of nitrogens with one attached hydrogen (secondary N) is 1. The number of amides is 1. The Balaban J connectivity index is 2.68. The van der Waals surface area contributed by atoms with Crippen molar-refractivity contribution in [1.82, 2.24) is 5.32 Å². The van der Waals surface area contributed by atoms with Crippen molar-refractivity contribution in [1.29, 1.82) is 0 Å². The zero-order valence-electron chi connectivity index (χ0n) is 9.79. The van der Waals surface area contributed by atoms with Crippen LogP contribution >= 0.6 is 15.9 Å². The Morgan fingerprint density at radius 3 is 2.62 bits per heavy atom. The second kappa shape index (κ2) is 6.69. The van der Waals surface area contributed by atoms with Crippen LogP contribution in [0.4, 0.5) is 0 Å². The van der Waals surface area contributed by atoms with Crippen LogP contribution in [0, 0.1) is 0 Å². The molecule has 0 bridgehead atoms. The molecule has 0 saturated heterocycles. The molecule has 0 aliphatic heterocycles. The standard InChI is InChI=1S/C13H18BrNO/c1-3-7-10(4-2)15-13(16)11-8-5-6-9-12(11)14/h5-6,8-10H,3-4,7H2,1-2H3,(H,15,16). The van der Waals surface area contributed by atoms with E-state index in [4.69, 9.17) is 0 Å². The Labute approximate surface area is 106 Å². The van der Waals surface area contributed by atoms with Crippen molar-refractivity contribution in [3.05, 3.63) is 34.3 Å². The fourth-order valence-electron chi connectivity index (χ4n) is 1.64. The van der Waals surface area contributed by atoms with Crippen LogP contribution in [0.25, 0.3) is 0 Å². The average molecular weight is 284 g/mol. The Morgan fingerprint density at radius 2 is 2.06 bits per heavy atom. The van der Waals surface area contributed by atoms with E-state index in [1.165, 1.54) is 0 Å². The molecule has 0 heterocycles. The average Bonchev–Trinajstić information content (AvgIpc) is 2.28. The molecule has 2 nitrogen and oxygen atoms in total. The summed E-state index contributed by atoms with van der Waals surface area (Å²) in [6.07, 6.45) is 3.10. The van der Waals surface area contributed by atoms with Gasteiger partial charge in [0.1, 0.15) is 0 Å². The second-order valence-electron chi connectivity index (χ2n) is 3.85. The minimum atomic E-state index is 0.00720. The van der Waals surface area contributed by atoms with E-state index >= 15 is 0 Å². The van der Waals surface area contributed by atoms with E-state index in [1.807, 2.05) is 24.3 Å². The molecule has 1 aromatic carbocycles. The number of carbonyl (C=O) groups is 1. The van der Waals surface area contributed by atoms with Crippen molar-refractivity contribution in [2.24, 2.45) is 0 Å². The Hall–Kier alpha value is -0.830. The van der Waals surface area contributed by atoms with E-state index in [2.05, 4.69) is 35.1 Å². The van der Waals surface area contributed by atoms with Crippen LogP contribution in [0.15, 0.2) is 28.7 Å². The predicted molar refractivity (Wildman–Crippen MR) is 70.6 cm³/mol. The van der Waals surface area contributed by atoms with Gasteiger partial charge in [0.2, 0.25) is 0 Å². The van der Waals surface area contributed by atoms with Gasteiger partial charge in [-0.15, -0.1) is 0 Å². The monoisotopic (exact) mass is 283 g/mol. The number of hydrogen-bond acceptors (Lipinski definition) is 1. The topological polar surface area (TPSA) is 29.1 Å². The van der Waals surface area contributed by atoms with Crippen molar-refractivity contribution in [2.75, 3.05) is 0 Å². The summed E-state index contributed by atoms with van der Waals surface area (Å²) in [5, 5.41) is 3.06. The molecule has 0 spiro atoms. The maximum Gasteiger partial charge on any atom is 0.252 e. The number of benzene rings is 1. The molecule has 0 aliphatic rings. The smallest absolute Gasteiger partial charge is 0.252 e. The summed E-state index contributed by atoms with van der Waals surface area (Å²) in [4.78, 5) is 12.0. The molecule has 0 radical (unpaired) electrons. The molecule has 1 aromatic rings. The first-order valence-electron chi connectivity index (χ1n) is 5.74. The quantitative estimate of drug-likeness (QED) is 0.876. The maximum absolute atomic E-state index is 12.0. The fourth-order valence-corrected chi connectivity index (χ4v) is 2.10. The van der Waals surface area contributed by atoms with Gasteiger partial charge >= 0.3 is 0 Å². The van der Waals surface area contributed by atoms with Crippen molar-refractivity contribution < 1.29 is 4.79 Å². The van der Waals surface area contributed by atoms with Gasteiger partial charge in [0, 0.05) is 10.5 Å². The lowest BCUT2D eigenvalue weighted by atomic mass is 10.1. The summed E-state index contributed by atoms with van der Waals surface area (Å²) in [6, 6.07) is 7.78. The van der Waals surface area contributed by atoms with E-state index < -0.39 is 0 Å². The third-order valence-electron chi connectivity index (χ3n) is 2.58. The van der Waals surface area contributed by atoms with Gasteiger partial charge in [-0.1, -0.05) is 32.4 Å². The SMILES string of the molecule is CCCC(CC)NC(=O)c1ccccc1Br. The van der Waals surface area contributed by atoms with E-state index in [1.54, 1.807) is 0 Å². The minimum absolute atomic E-state index is 0.00720. The molecule has 1 rings (SSSR count). The Morgan fingerprint density at radius 1 is 1.38 bits per heavy atom. The number of rotatable bonds is 5. The lowest BCUT2D eigenvalue weighted by molar-refractivity contribution is 0.0933. The fraction of sp³-hybridized carbons (Fsp3) is 0.462. The molecule has 0 aliphatic carbocycles. The molecular weight excluding hydrogens is 266 g/mol. The molecule has 16 heavy (non-hydrogen) atoms. The van der Waals surface area contributed by atoms with Gasteiger partial charge in [-0.25, -0.2) is 0 Å². The van der Waals surface area contributed by atoms with Crippen LogP contribution in [0.5, 0.6) is 0 Å². The highest BCUT2D eigenvalue weighted by Crippen LogP contribution is 2.16. The van der Waals surface area contributed by atoms with E-state index in [-0.39, 0.29) is 11.9 Å². The van der Waals surface area contributed by atoms with E-state index in [0.29, 0.717) is 5.56 Å². The summed E-state index contributed by atoms with van der Waals surface area (Å²) < 4.78 is 0.846. The van der Waals surface area contributed by atoms with Crippen molar-refractivity contribution >= 4 is 21.8 Å². The first-order valence-corrected chi connectivity index (χ1v) is 6.53. The van der Waals surface area contributed by atoms with E-state index in [0.717, 1.165) is 23.7 Å². The van der Waals surface area contributed by atoms with Crippen molar-refractivity contribution in [3.8, 4) is 0 Å². The lowest BCUT2D eigenvalue weighted by Crippen LogP contribution is -2.34. The molecule has 3 heteroatoms. The molecule has 1 amide bonds. The number of carbonyl (C=O) groups excluding carboxylic acids is 1. The largest absolute Gasteiger partial charge is 0.349 e. The summed E-state index contributed by atoms with van der Waals surface area (Å²) in [5.41, 5.74) is 0.706. The summed E-state index contributed by atoms with van der Waals surface area (Å²) in [7, 11) is 0. The summed E-state index contributed by atoms with van der Waals surface area (Å²) in [5.74, 6) is 0.00720. The summed E-state index contributed by atoms with van der Waals surface area (Å²) in [6.45, 7) is 4.23. The Bertz CT molecular complexity index is 352.